The second kappa shape index (κ2) is 5.99. The van der Waals surface area contributed by atoms with Crippen molar-refractivity contribution in [1.29, 1.82) is 5.26 Å². The van der Waals surface area contributed by atoms with E-state index < -0.39 is 0 Å². The highest BCUT2D eigenvalue weighted by atomic mass is 14.9. The molecule has 2 nitrogen and oxygen atoms in total. The molecular formula is C11H22N2. The molecular weight excluding hydrogens is 160 g/mol. The molecule has 13 heavy (non-hydrogen) atoms. The zero-order valence-electron chi connectivity index (χ0n) is 9.35. The van der Waals surface area contributed by atoms with Crippen LogP contribution in [0.4, 0.5) is 0 Å². The van der Waals surface area contributed by atoms with E-state index in [0.29, 0.717) is 0 Å². The first-order chi connectivity index (χ1) is 5.98. The number of rotatable bonds is 6. The van der Waals surface area contributed by atoms with E-state index in [4.69, 9.17) is 5.26 Å². The molecule has 0 saturated heterocycles. The lowest BCUT2D eigenvalue weighted by atomic mass is 9.96. The summed E-state index contributed by atoms with van der Waals surface area (Å²) in [4.78, 5) is 0. The van der Waals surface area contributed by atoms with E-state index in [0.717, 1.165) is 19.0 Å². The molecule has 0 rings (SSSR count). The Kier molecular flexibility index (Phi) is 5.73. The molecule has 0 aliphatic heterocycles. The van der Waals surface area contributed by atoms with Crippen LogP contribution in [0.2, 0.25) is 0 Å². The maximum Gasteiger partial charge on any atom is 0.0697 e. The van der Waals surface area contributed by atoms with E-state index in [-0.39, 0.29) is 5.41 Å². The van der Waals surface area contributed by atoms with Gasteiger partial charge in [0.1, 0.15) is 0 Å². The lowest BCUT2D eigenvalue weighted by Gasteiger charge is -2.15. The normalized spacial score (nSPS) is 11.7. The molecule has 0 fully saturated rings. The van der Waals surface area contributed by atoms with E-state index in [1.54, 1.807) is 0 Å². The van der Waals surface area contributed by atoms with Gasteiger partial charge in [-0.15, -0.1) is 0 Å². The van der Waals surface area contributed by atoms with Crippen LogP contribution in [0.25, 0.3) is 0 Å². The molecule has 2 heteroatoms. The van der Waals surface area contributed by atoms with Crippen LogP contribution in [0.5, 0.6) is 0 Å². The van der Waals surface area contributed by atoms with Crippen molar-refractivity contribution >= 4 is 0 Å². The van der Waals surface area contributed by atoms with Gasteiger partial charge in [0.25, 0.3) is 0 Å². The van der Waals surface area contributed by atoms with Gasteiger partial charge in [-0.3, -0.25) is 0 Å². The van der Waals surface area contributed by atoms with Crippen molar-refractivity contribution in [3.05, 3.63) is 0 Å². The van der Waals surface area contributed by atoms with E-state index in [1.165, 1.54) is 12.8 Å². The summed E-state index contributed by atoms with van der Waals surface area (Å²) in [6.07, 6.45) is 2.47. The fraction of sp³-hybridized carbons (Fsp3) is 0.909. The first kappa shape index (κ1) is 12.4. The van der Waals surface area contributed by atoms with Crippen LogP contribution in [0.1, 0.15) is 40.5 Å². The zero-order valence-corrected chi connectivity index (χ0v) is 9.35. The SMILES string of the molecule is CC(C)CCCNCC(C)(C)C#N. The summed E-state index contributed by atoms with van der Waals surface area (Å²) < 4.78 is 0. The van der Waals surface area contributed by atoms with Gasteiger partial charge in [0, 0.05) is 6.54 Å². The van der Waals surface area contributed by atoms with Crippen molar-refractivity contribution in [3.8, 4) is 6.07 Å². The molecule has 76 valence electrons. The summed E-state index contributed by atoms with van der Waals surface area (Å²) in [7, 11) is 0. The van der Waals surface area contributed by atoms with Gasteiger partial charge in [-0.2, -0.15) is 5.26 Å². The van der Waals surface area contributed by atoms with E-state index in [1.807, 2.05) is 13.8 Å². The number of nitrogens with one attached hydrogen (secondary N) is 1. The van der Waals surface area contributed by atoms with Gasteiger partial charge in [-0.25, -0.2) is 0 Å². The van der Waals surface area contributed by atoms with Crippen molar-refractivity contribution in [2.24, 2.45) is 11.3 Å². The van der Waals surface area contributed by atoms with Crippen LogP contribution >= 0.6 is 0 Å². The monoisotopic (exact) mass is 182 g/mol. The second-order valence-electron chi connectivity index (χ2n) is 4.71. The minimum absolute atomic E-state index is 0.224. The lowest BCUT2D eigenvalue weighted by Crippen LogP contribution is -2.28. The minimum atomic E-state index is -0.224. The van der Waals surface area contributed by atoms with Crippen LogP contribution in [-0.2, 0) is 0 Å². The standard InChI is InChI=1S/C11H22N2/c1-10(2)6-5-7-13-9-11(3,4)8-12/h10,13H,5-7,9H2,1-4H3. The molecule has 0 aliphatic carbocycles. The van der Waals surface area contributed by atoms with E-state index in [2.05, 4.69) is 25.2 Å². The molecule has 0 bridgehead atoms. The van der Waals surface area contributed by atoms with Gasteiger partial charge >= 0.3 is 0 Å². The van der Waals surface area contributed by atoms with Crippen LogP contribution in [0, 0.1) is 22.7 Å². The molecule has 0 aromatic rings. The van der Waals surface area contributed by atoms with E-state index >= 15 is 0 Å². The summed E-state index contributed by atoms with van der Waals surface area (Å²) in [5.41, 5.74) is -0.224. The Hall–Kier alpha value is -0.550. The topological polar surface area (TPSA) is 35.8 Å². The summed E-state index contributed by atoms with van der Waals surface area (Å²) in [5.74, 6) is 0.783. The molecule has 0 aliphatic rings. The molecule has 0 atom stereocenters. The third kappa shape index (κ3) is 7.80. The highest BCUT2D eigenvalue weighted by molar-refractivity contribution is 4.93. The van der Waals surface area contributed by atoms with Gasteiger partial charge in [0.05, 0.1) is 11.5 Å². The van der Waals surface area contributed by atoms with Crippen molar-refractivity contribution in [2.45, 2.75) is 40.5 Å². The summed E-state index contributed by atoms with van der Waals surface area (Å²) >= 11 is 0. The molecule has 0 aromatic heterocycles. The zero-order chi connectivity index (χ0) is 10.3. The summed E-state index contributed by atoms with van der Waals surface area (Å²) in [5, 5.41) is 12.1. The van der Waals surface area contributed by atoms with Gasteiger partial charge in [-0.1, -0.05) is 13.8 Å². The van der Waals surface area contributed by atoms with Gasteiger partial charge in [-0.05, 0) is 39.2 Å². The van der Waals surface area contributed by atoms with Crippen LogP contribution < -0.4 is 5.32 Å². The van der Waals surface area contributed by atoms with Crippen molar-refractivity contribution in [1.82, 2.24) is 5.32 Å². The van der Waals surface area contributed by atoms with Gasteiger partial charge < -0.3 is 5.32 Å². The third-order valence-corrected chi connectivity index (χ3v) is 2.00. The Morgan fingerprint density at radius 1 is 1.38 bits per heavy atom. The van der Waals surface area contributed by atoms with Crippen molar-refractivity contribution in [3.63, 3.8) is 0 Å². The Morgan fingerprint density at radius 2 is 2.00 bits per heavy atom. The van der Waals surface area contributed by atoms with Crippen LogP contribution in [0.3, 0.4) is 0 Å². The Morgan fingerprint density at radius 3 is 2.46 bits per heavy atom. The molecule has 0 amide bonds. The number of nitrogens with zero attached hydrogens (tertiary/aromatic N) is 1. The largest absolute Gasteiger partial charge is 0.315 e. The fourth-order valence-corrected chi connectivity index (χ4v) is 1.08. The summed E-state index contributed by atoms with van der Waals surface area (Å²) in [6.45, 7) is 10.2. The maximum atomic E-state index is 8.75. The van der Waals surface area contributed by atoms with Crippen LogP contribution in [0.15, 0.2) is 0 Å². The third-order valence-electron chi connectivity index (χ3n) is 2.00. The maximum absolute atomic E-state index is 8.75. The number of hydrogen-bond acceptors (Lipinski definition) is 2. The average Bonchev–Trinajstić information content (AvgIpc) is 2.03. The first-order valence-corrected chi connectivity index (χ1v) is 5.10. The smallest absolute Gasteiger partial charge is 0.0697 e. The fourth-order valence-electron chi connectivity index (χ4n) is 1.08. The first-order valence-electron chi connectivity index (χ1n) is 5.10. The molecule has 0 spiro atoms. The van der Waals surface area contributed by atoms with Crippen molar-refractivity contribution in [2.75, 3.05) is 13.1 Å². The molecule has 1 N–H and O–H groups in total. The van der Waals surface area contributed by atoms with Gasteiger partial charge in [0.15, 0.2) is 0 Å². The van der Waals surface area contributed by atoms with Gasteiger partial charge in [0.2, 0.25) is 0 Å². The minimum Gasteiger partial charge on any atom is -0.315 e. The molecule has 0 aromatic carbocycles. The second-order valence-corrected chi connectivity index (χ2v) is 4.71. The summed E-state index contributed by atoms with van der Waals surface area (Å²) in [6, 6.07) is 2.28. The molecule has 0 radical (unpaired) electrons. The lowest BCUT2D eigenvalue weighted by molar-refractivity contribution is 0.432. The average molecular weight is 182 g/mol. The number of hydrogen-bond donors (Lipinski definition) is 1. The molecule has 0 saturated carbocycles. The predicted molar refractivity (Wildman–Crippen MR) is 56.3 cm³/mol. The molecule has 0 unspecified atom stereocenters. The Bertz CT molecular complexity index is 165. The quantitative estimate of drug-likeness (QED) is 0.641. The van der Waals surface area contributed by atoms with Crippen LogP contribution in [-0.4, -0.2) is 13.1 Å². The highest BCUT2D eigenvalue weighted by Crippen LogP contribution is 2.10. The highest BCUT2D eigenvalue weighted by Gasteiger charge is 2.14. The Balaban J connectivity index is 3.32. The van der Waals surface area contributed by atoms with Crippen molar-refractivity contribution < 1.29 is 0 Å². The van der Waals surface area contributed by atoms with E-state index in [9.17, 15) is 0 Å². The predicted octanol–water partition coefficient (Wildman–Crippen LogP) is 2.56. The molecule has 0 heterocycles. The number of nitriles is 1. The Labute approximate surface area is 82.3 Å².